The number of hydrogen-bond acceptors (Lipinski definition) is 3. The van der Waals surface area contributed by atoms with Gasteiger partial charge in [0, 0.05) is 6.54 Å². The molecule has 0 radical (unpaired) electrons. The van der Waals surface area contributed by atoms with Crippen LogP contribution in [0.5, 0.6) is 0 Å². The first-order valence-corrected chi connectivity index (χ1v) is 2.68. The van der Waals surface area contributed by atoms with Crippen LogP contribution < -0.4 is 10.9 Å². The molecule has 0 aromatic carbocycles. The standard InChI is InChI=1S/C5H8N2O2/c8-5(9)4-2-1-3-6-7-4/h1-2,4,6-7H,3H2,(H,8,9)/t4-/m1/s1. The minimum Gasteiger partial charge on any atom is -0.480 e. The average Bonchev–Trinajstić information content (AvgIpc) is 1.90. The molecule has 0 bridgehead atoms. The molecule has 0 aromatic heterocycles. The number of hydrazine groups is 1. The minimum absolute atomic E-state index is 0.571. The highest BCUT2D eigenvalue weighted by molar-refractivity contribution is 5.75. The summed E-state index contributed by atoms with van der Waals surface area (Å²) in [5, 5.41) is 8.38. The van der Waals surface area contributed by atoms with E-state index < -0.39 is 12.0 Å². The molecular formula is C5H8N2O2. The molecule has 1 aliphatic heterocycles. The molecule has 1 atom stereocenters. The van der Waals surface area contributed by atoms with E-state index in [4.69, 9.17) is 5.11 Å². The van der Waals surface area contributed by atoms with E-state index in [2.05, 4.69) is 10.9 Å². The number of rotatable bonds is 1. The third-order valence-corrected chi connectivity index (χ3v) is 1.07. The van der Waals surface area contributed by atoms with E-state index in [1.165, 1.54) is 0 Å². The van der Waals surface area contributed by atoms with Gasteiger partial charge in [0.05, 0.1) is 0 Å². The van der Waals surface area contributed by atoms with Crippen LogP contribution in [0.3, 0.4) is 0 Å². The van der Waals surface area contributed by atoms with Crippen LogP contribution in [0, 0.1) is 0 Å². The van der Waals surface area contributed by atoms with Gasteiger partial charge in [0.25, 0.3) is 0 Å². The third kappa shape index (κ3) is 1.51. The molecule has 1 rings (SSSR count). The van der Waals surface area contributed by atoms with Crippen molar-refractivity contribution in [2.24, 2.45) is 0 Å². The van der Waals surface area contributed by atoms with Gasteiger partial charge in [-0.1, -0.05) is 12.2 Å². The van der Waals surface area contributed by atoms with Crippen molar-refractivity contribution in [1.82, 2.24) is 10.9 Å². The predicted molar refractivity (Wildman–Crippen MR) is 31.7 cm³/mol. The van der Waals surface area contributed by atoms with Crippen molar-refractivity contribution in [3.05, 3.63) is 12.2 Å². The molecule has 1 heterocycles. The SMILES string of the molecule is O=C(O)[C@H]1C=CCNN1. The van der Waals surface area contributed by atoms with E-state index in [-0.39, 0.29) is 0 Å². The molecule has 1 aliphatic rings. The van der Waals surface area contributed by atoms with Gasteiger partial charge in [0.1, 0.15) is 6.04 Å². The highest BCUT2D eigenvalue weighted by Crippen LogP contribution is 1.88. The molecule has 0 spiro atoms. The van der Waals surface area contributed by atoms with Crippen LogP contribution in [0.4, 0.5) is 0 Å². The van der Waals surface area contributed by atoms with Gasteiger partial charge < -0.3 is 5.11 Å². The first-order valence-electron chi connectivity index (χ1n) is 2.68. The lowest BCUT2D eigenvalue weighted by Gasteiger charge is -2.14. The fourth-order valence-electron chi connectivity index (χ4n) is 0.624. The molecule has 0 saturated heterocycles. The molecule has 0 saturated carbocycles. The normalized spacial score (nSPS) is 26.0. The van der Waals surface area contributed by atoms with Crippen LogP contribution in [0.15, 0.2) is 12.2 Å². The number of carbonyl (C=O) groups is 1. The molecule has 0 aliphatic carbocycles. The lowest BCUT2D eigenvalue weighted by molar-refractivity contribution is -0.138. The van der Waals surface area contributed by atoms with Gasteiger partial charge in [-0.3, -0.25) is 10.2 Å². The summed E-state index contributed by atoms with van der Waals surface area (Å²) >= 11 is 0. The number of nitrogens with one attached hydrogen (secondary N) is 2. The van der Waals surface area contributed by atoms with Crippen molar-refractivity contribution in [2.75, 3.05) is 6.54 Å². The Hall–Kier alpha value is -0.870. The molecule has 0 unspecified atom stereocenters. The minimum atomic E-state index is -0.863. The Bertz CT molecular complexity index is 144. The smallest absolute Gasteiger partial charge is 0.326 e. The first-order chi connectivity index (χ1) is 4.30. The van der Waals surface area contributed by atoms with Gasteiger partial charge in [-0.05, 0) is 0 Å². The molecule has 50 valence electrons. The molecule has 4 nitrogen and oxygen atoms in total. The summed E-state index contributed by atoms with van der Waals surface area (Å²) in [6.45, 7) is 0.684. The van der Waals surface area contributed by atoms with E-state index in [9.17, 15) is 4.79 Å². The van der Waals surface area contributed by atoms with Crippen molar-refractivity contribution in [3.8, 4) is 0 Å². The molecule has 3 N–H and O–H groups in total. The van der Waals surface area contributed by atoms with E-state index in [0.29, 0.717) is 6.54 Å². The van der Waals surface area contributed by atoms with Crippen molar-refractivity contribution in [1.29, 1.82) is 0 Å². The summed E-state index contributed by atoms with van der Waals surface area (Å²) < 4.78 is 0. The second kappa shape index (κ2) is 2.61. The van der Waals surface area contributed by atoms with Crippen LogP contribution in [0.2, 0.25) is 0 Å². The number of carboxylic acid groups (broad SMARTS) is 1. The Morgan fingerprint density at radius 1 is 1.78 bits per heavy atom. The van der Waals surface area contributed by atoms with E-state index in [1.807, 2.05) is 0 Å². The number of hydrogen-bond donors (Lipinski definition) is 3. The average molecular weight is 128 g/mol. The van der Waals surface area contributed by atoms with Crippen LogP contribution in [0.1, 0.15) is 0 Å². The fourth-order valence-corrected chi connectivity index (χ4v) is 0.624. The second-order valence-corrected chi connectivity index (χ2v) is 1.77. The largest absolute Gasteiger partial charge is 0.480 e. The summed E-state index contributed by atoms with van der Waals surface area (Å²) in [4.78, 5) is 10.2. The highest BCUT2D eigenvalue weighted by Gasteiger charge is 2.13. The summed E-state index contributed by atoms with van der Waals surface area (Å²) in [6, 6.07) is -0.571. The lowest BCUT2D eigenvalue weighted by Crippen LogP contribution is -2.46. The van der Waals surface area contributed by atoms with Gasteiger partial charge in [-0.15, -0.1) is 0 Å². The summed E-state index contributed by atoms with van der Waals surface area (Å²) in [7, 11) is 0. The van der Waals surface area contributed by atoms with Crippen LogP contribution in [0.25, 0.3) is 0 Å². The highest BCUT2D eigenvalue weighted by atomic mass is 16.4. The van der Waals surface area contributed by atoms with E-state index in [1.54, 1.807) is 12.2 Å². The monoisotopic (exact) mass is 128 g/mol. The van der Waals surface area contributed by atoms with Crippen LogP contribution in [-0.4, -0.2) is 23.7 Å². The Morgan fingerprint density at radius 3 is 2.89 bits per heavy atom. The second-order valence-electron chi connectivity index (χ2n) is 1.77. The van der Waals surface area contributed by atoms with Gasteiger partial charge in [0.2, 0.25) is 0 Å². The molecular weight excluding hydrogens is 120 g/mol. The van der Waals surface area contributed by atoms with Gasteiger partial charge in [-0.25, -0.2) is 5.43 Å². The fraction of sp³-hybridized carbons (Fsp3) is 0.400. The van der Waals surface area contributed by atoms with Crippen molar-refractivity contribution in [2.45, 2.75) is 6.04 Å². The zero-order valence-electron chi connectivity index (χ0n) is 4.79. The van der Waals surface area contributed by atoms with Crippen molar-refractivity contribution < 1.29 is 9.90 Å². The van der Waals surface area contributed by atoms with E-state index in [0.717, 1.165) is 0 Å². The third-order valence-electron chi connectivity index (χ3n) is 1.07. The topological polar surface area (TPSA) is 61.4 Å². The molecule has 9 heavy (non-hydrogen) atoms. The molecule has 0 fully saturated rings. The Kier molecular flexibility index (Phi) is 1.81. The number of carboxylic acids is 1. The predicted octanol–water partition coefficient (Wildman–Crippen LogP) is -0.896. The Morgan fingerprint density at radius 2 is 2.56 bits per heavy atom. The maximum absolute atomic E-state index is 10.2. The molecule has 0 amide bonds. The van der Waals surface area contributed by atoms with Gasteiger partial charge >= 0.3 is 5.97 Å². The summed E-state index contributed by atoms with van der Waals surface area (Å²) in [5.41, 5.74) is 5.28. The van der Waals surface area contributed by atoms with E-state index >= 15 is 0 Å². The maximum Gasteiger partial charge on any atom is 0.326 e. The zero-order chi connectivity index (χ0) is 6.69. The van der Waals surface area contributed by atoms with Crippen molar-refractivity contribution in [3.63, 3.8) is 0 Å². The zero-order valence-corrected chi connectivity index (χ0v) is 4.79. The van der Waals surface area contributed by atoms with Gasteiger partial charge in [0.15, 0.2) is 0 Å². The Balaban J connectivity index is 2.50. The number of aliphatic carboxylic acids is 1. The Labute approximate surface area is 52.5 Å². The first kappa shape index (κ1) is 6.25. The van der Waals surface area contributed by atoms with Crippen LogP contribution in [-0.2, 0) is 4.79 Å². The molecule has 4 heteroatoms. The summed E-state index contributed by atoms with van der Waals surface area (Å²) in [6.07, 6.45) is 3.38. The quantitative estimate of drug-likeness (QED) is 0.401. The van der Waals surface area contributed by atoms with Crippen LogP contribution >= 0.6 is 0 Å². The lowest BCUT2D eigenvalue weighted by atomic mass is 10.2. The molecule has 0 aromatic rings. The van der Waals surface area contributed by atoms with Crippen molar-refractivity contribution >= 4 is 5.97 Å². The van der Waals surface area contributed by atoms with Gasteiger partial charge in [-0.2, -0.15) is 0 Å². The maximum atomic E-state index is 10.2. The summed E-state index contributed by atoms with van der Waals surface area (Å²) in [5.74, 6) is -0.863.